The van der Waals surface area contributed by atoms with E-state index in [1.165, 1.54) is 0 Å². The lowest BCUT2D eigenvalue weighted by molar-refractivity contribution is -0.132. The predicted molar refractivity (Wildman–Crippen MR) is 75.3 cm³/mol. The molecule has 0 spiro atoms. The molecular formula is C16H20O2. The predicted octanol–water partition coefficient (Wildman–Crippen LogP) is 4.29. The van der Waals surface area contributed by atoms with Crippen molar-refractivity contribution < 1.29 is 9.90 Å². The van der Waals surface area contributed by atoms with Crippen molar-refractivity contribution in [2.24, 2.45) is 0 Å². The molecule has 0 aromatic heterocycles. The molecule has 0 aliphatic carbocycles. The summed E-state index contributed by atoms with van der Waals surface area (Å²) in [6.07, 6.45) is 6.79. The summed E-state index contributed by atoms with van der Waals surface area (Å²) >= 11 is 0. The van der Waals surface area contributed by atoms with Crippen molar-refractivity contribution in [2.75, 3.05) is 0 Å². The van der Waals surface area contributed by atoms with Gasteiger partial charge in [-0.15, -0.1) is 0 Å². The third-order valence-corrected chi connectivity index (χ3v) is 2.88. The van der Waals surface area contributed by atoms with Crippen molar-refractivity contribution in [3.63, 3.8) is 0 Å². The topological polar surface area (TPSA) is 37.3 Å². The molecule has 2 heteroatoms. The zero-order valence-electron chi connectivity index (χ0n) is 11.0. The van der Waals surface area contributed by atoms with Crippen LogP contribution in [-0.4, -0.2) is 11.1 Å². The Morgan fingerprint density at radius 1 is 1.28 bits per heavy atom. The maximum Gasteiger partial charge on any atom is 0.331 e. The summed E-state index contributed by atoms with van der Waals surface area (Å²) in [4.78, 5) is 11.0. The van der Waals surface area contributed by atoms with Crippen molar-refractivity contribution >= 4 is 12.0 Å². The van der Waals surface area contributed by atoms with Crippen molar-refractivity contribution in [2.45, 2.75) is 33.1 Å². The quantitative estimate of drug-likeness (QED) is 0.598. The Bertz CT molecular complexity index is 441. The lowest BCUT2D eigenvalue weighted by atomic mass is 10.0. The molecule has 1 N–H and O–H groups in total. The van der Waals surface area contributed by atoms with Crippen molar-refractivity contribution in [1.82, 2.24) is 0 Å². The molecule has 0 bridgehead atoms. The highest BCUT2D eigenvalue weighted by atomic mass is 16.4. The summed E-state index contributed by atoms with van der Waals surface area (Å²) in [6, 6.07) is 9.92. The maximum absolute atomic E-state index is 11.0. The number of carboxylic acids is 1. The molecule has 0 atom stereocenters. The van der Waals surface area contributed by atoms with Gasteiger partial charge >= 0.3 is 5.97 Å². The van der Waals surface area contributed by atoms with E-state index in [1.54, 1.807) is 6.92 Å². The van der Waals surface area contributed by atoms with E-state index in [4.69, 9.17) is 5.11 Å². The van der Waals surface area contributed by atoms with Gasteiger partial charge in [-0.1, -0.05) is 55.8 Å². The molecule has 0 saturated carbocycles. The highest BCUT2D eigenvalue weighted by molar-refractivity contribution is 5.87. The zero-order valence-corrected chi connectivity index (χ0v) is 11.0. The molecule has 0 heterocycles. The molecule has 1 rings (SSSR count). The van der Waals surface area contributed by atoms with Crippen LogP contribution in [0, 0.1) is 0 Å². The Morgan fingerprint density at radius 3 is 2.50 bits per heavy atom. The minimum absolute atomic E-state index is 0.440. The normalized spacial score (nSPS) is 12.6. The largest absolute Gasteiger partial charge is 0.478 e. The molecule has 0 fully saturated rings. The van der Waals surface area contributed by atoms with E-state index in [2.05, 4.69) is 6.92 Å². The first-order valence-electron chi connectivity index (χ1n) is 6.31. The third-order valence-electron chi connectivity index (χ3n) is 2.88. The Balaban J connectivity index is 2.89. The Morgan fingerprint density at radius 2 is 1.94 bits per heavy atom. The number of aliphatic carboxylic acids is 1. The van der Waals surface area contributed by atoms with Gasteiger partial charge in [-0.05, 0) is 30.9 Å². The van der Waals surface area contributed by atoms with Crippen LogP contribution >= 0.6 is 0 Å². The van der Waals surface area contributed by atoms with Gasteiger partial charge in [0.15, 0.2) is 0 Å². The molecule has 18 heavy (non-hydrogen) atoms. The number of hydrogen-bond donors (Lipinski definition) is 1. The number of benzene rings is 1. The number of rotatable bonds is 6. The van der Waals surface area contributed by atoms with E-state index in [9.17, 15) is 4.79 Å². The van der Waals surface area contributed by atoms with Gasteiger partial charge in [-0.25, -0.2) is 4.79 Å². The highest BCUT2D eigenvalue weighted by Crippen LogP contribution is 2.16. The fourth-order valence-electron chi connectivity index (χ4n) is 1.66. The van der Waals surface area contributed by atoms with Crippen LogP contribution in [0.5, 0.6) is 0 Å². The summed E-state index contributed by atoms with van der Waals surface area (Å²) in [7, 11) is 0. The van der Waals surface area contributed by atoms with E-state index < -0.39 is 5.97 Å². The molecule has 1 aromatic carbocycles. The maximum atomic E-state index is 11.0. The summed E-state index contributed by atoms with van der Waals surface area (Å²) in [5.74, 6) is -0.834. The molecular weight excluding hydrogens is 224 g/mol. The fourth-order valence-corrected chi connectivity index (χ4v) is 1.66. The second kappa shape index (κ2) is 7.49. The molecule has 0 unspecified atom stereocenters. The smallest absolute Gasteiger partial charge is 0.331 e. The minimum atomic E-state index is -0.834. The van der Waals surface area contributed by atoms with Crippen molar-refractivity contribution in [3.05, 3.63) is 53.1 Å². The van der Waals surface area contributed by atoms with Crippen molar-refractivity contribution in [3.8, 4) is 0 Å². The van der Waals surface area contributed by atoms with Gasteiger partial charge in [0.1, 0.15) is 0 Å². The average Bonchev–Trinajstić information content (AvgIpc) is 2.39. The number of carbonyl (C=O) groups is 1. The molecule has 0 radical (unpaired) electrons. The molecule has 0 saturated heterocycles. The number of allylic oxidation sites excluding steroid dienone is 2. The minimum Gasteiger partial charge on any atom is -0.478 e. The first kappa shape index (κ1) is 14.2. The summed E-state index contributed by atoms with van der Waals surface area (Å²) in [5.41, 5.74) is 2.44. The first-order valence-corrected chi connectivity index (χ1v) is 6.31. The van der Waals surface area contributed by atoms with Gasteiger partial charge in [0, 0.05) is 5.57 Å². The molecule has 2 nitrogen and oxygen atoms in total. The molecule has 1 aromatic rings. The Kier molecular flexibility index (Phi) is 5.92. The van der Waals surface area contributed by atoms with Crippen LogP contribution < -0.4 is 0 Å². The Hall–Kier alpha value is -1.83. The van der Waals surface area contributed by atoms with Crippen LogP contribution in [0.2, 0.25) is 0 Å². The number of hydrogen-bond acceptors (Lipinski definition) is 1. The summed E-state index contributed by atoms with van der Waals surface area (Å²) in [6.45, 7) is 3.78. The average molecular weight is 244 g/mol. The standard InChI is InChI=1S/C16H20O2/c1-3-4-10-15(13(2)16(17)18)12-11-14-8-6-5-7-9-14/h5-9,11-12H,3-4,10H2,1-2H3,(H,17,18). The van der Waals surface area contributed by atoms with Crippen molar-refractivity contribution in [1.29, 1.82) is 0 Å². The molecule has 0 aliphatic rings. The fraction of sp³-hybridized carbons (Fsp3) is 0.312. The Labute approximate surface area is 109 Å². The van der Waals surface area contributed by atoms with Gasteiger partial charge in [-0.3, -0.25) is 0 Å². The third kappa shape index (κ3) is 4.58. The van der Waals surface area contributed by atoms with E-state index >= 15 is 0 Å². The van der Waals surface area contributed by atoms with Gasteiger partial charge in [0.05, 0.1) is 0 Å². The van der Waals surface area contributed by atoms with E-state index in [0.29, 0.717) is 5.57 Å². The van der Waals surface area contributed by atoms with Gasteiger partial charge in [0.25, 0.3) is 0 Å². The SMILES string of the molecule is CCCCC(C=Cc1ccccc1)=C(C)C(=O)O. The van der Waals surface area contributed by atoms with Gasteiger partial charge < -0.3 is 5.11 Å². The van der Waals surface area contributed by atoms with E-state index in [-0.39, 0.29) is 0 Å². The van der Waals surface area contributed by atoms with Crippen LogP contribution in [0.4, 0.5) is 0 Å². The first-order chi connectivity index (χ1) is 8.65. The second-order valence-corrected chi connectivity index (χ2v) is 4.30. The summed E-state index contributed by atoms with van der Waals surface area (Å²) in [5, 5.41) is 9.06. The lowest BCUT2D eigenvalue weighted by Gasteiger charge is -2.04. The van der Waals surface area contributed by atoms with E-state index in [1.807, 2.05) is 42.5 Å². The zero-order chi connectivity index (χ0) is 13.4. The number of carboxylic acid groups (broad SMARTS) is 1. The monoisotopic (exact) mass is 244 g/mol. The molecule has 0 amide bonds. The molecule has 96 valence electrons. The van der Waals surface area contributed by atoms with Gasteiger partial charge in [-0.2, -0.15) is 0 Å². The second-order valence-electron chi connectivity index (χ2n) is 4.30. The van der Waals surface area contributed by atoms with E-state index in [0.717, 1.165) is 30.4 Å². The van der Waals surface area contributed by atoms with Gasteiger partial charge in [0.2, 0.25) is 0 Å². The van der Waals surface area contributed by atoms with Crippen LogP contribution in [0.1, 0.15) is 38.7 Å². The summed E-state index contributed by atoms with van der Waals surface area (Å²) < 4.78 is 0. The van der Waals surface area contributed by atoms with Crippen LogP contribution in [0.15, 0.2) is 47.6 Å². The molecule has 0 aliphatic heterocycles. The van der Waals surface area contributed by atoms with Crippen LogP contribution in [0.3, 0.4) is 0 Å². The number of unbranched alkanes of at least 4 members (excludes halogenated alkanes) is 1. The lowest BCUT2D eigenvalue weighted by Crippen LogP contribution is -2.00. The highest BCUT2D eigenvalue weighted by Gasteiger charge is 2.06. The van der Waals surface area contributed by atoms with Crippen LogP contribution in [-0.2, 0) is 4.79 Å². The van der Waals surface area contributed by atoms with Crippen LogP contribution in [0.25, 0.3) is 6.08 Å².